The molecule has 2 aromatic carbocycles. The third-order valence-corrected chi connectivity index (χ3v) is 10.5. The molecule has 3 aliphatic heterocycles. The summed E-state index contributed by atoms with van der Waals surface area (Å²) in [4.78, 5) is 38.4. The van der Waals surface area contributed by atoms with Crippen LogP contribution in [0.5, 0.6) is 0 Å². The predicted octanol–water partition coefficient (Wildman–Crippen LogP) is 4.17. The fourth-order valence-electron chi connectivity index (χ4n) is 7.21. The van der Waals surface area contributed by atoms with Crippen LogP contribution in [0.3, 0.4) is 0 Å². The molecule has 0 aliphatic carbocycles. The number of piperazine rings is 1. The van der Waals surface area contributed by atoms with E-state index in [1.54, 1.807) is 11.8 Å². The minimum atomic E-state index is -0.817. The maximum atomic E-state index is 14.1. The lowest BCUT2D eigenvalue weighted by Crippen LogP contribution is -2.54. The number of alkyl halides is 1. The monoisotopic (exact) mass is 601 g/mol. The fraction of sp³-hybridized carbons (Fsp3) is 0.438. The van der Waals surface area contributed by atoms with Gasteiger partial charge in [-0.2, -0.15) is 10.1 Å². The van der Waals surface area contributed by atoms with Gasteiger partial charge in [0, 0.05) is 84.9 Å². The molecule has 3 aliphatic rings. The molecule has 2 saturated heterocycles. The number of halogens is 1. The number of benzene rings is 2. The minimum Gasteiger partial charge on any atom is -0.352 e. The second kappa shape index (κ2) is 10.8. The number of amides is 1. The largest absolute Gasteiger partial charge is 0.352 e. The molecule has 1 amide bonds. The number of carbonyl (C=O) groups excluding carboxylic acids is 1. The van der Waals surface area contributed by atoms with Crippen LogP contribution in [0.25, 0.3) is 32.9 Å². The van der Waals surface area contributed by atoms with E-state index in [4.69, 9.17) is 4.98 Å². The van der Waals surface area contributed by atoms with Gasteiger partial charge in [-0.3, -0.25) is 18.9 Å². The number of fused-ring (bicyclic) bond motifs is 1. The van der Waals surface area contributed by atoms with Gasteiger partial charge in [-0.05, 0) is 38.0 Å². The van der Waals surface area contributed by atoms with E-state index < -0.39 is 6.17 Å². The van der Waals surface area contributed by atoms with Crippen molar-refractivity contribution in [3.8, 4) is 11.1 Å². The lowest BCUT2D eigenvalue weighted by Gasteiger charge is -2.41. The van der Waals surface area contributed by atoms with Gasteiger partial charge in [-0.1, -0.05) is 24.8 Å². The number of rotatable bonds is 5. The first-order valence-corrected chi connectivity index (χ1v) is 15.9. The fourth-order valence-corrected chi connectivity index (χ4v) is 8.58. The van der Waals surface area contributed by atoms with Crippen molar-refractivity contribution in [1.29, 1.82) is 0 Å². The first-order valence-electron chi connectivity index (χ1n) is 14.9. The van der Waals surface area contributed by atoms with E-state index in [9.17, 15) is 14.0 Å². The van der Waals surface area contributed by atoms with Crippen molar-refractivity contribution >= 4 is 45.3 Å². The Labute approximate surface area is 253 Å². The molecule has 0 bridgehead atoms. The van der Waals surface area contributed by atoms with Crippen LogP contribution in [0.15, 0.2) is 52.8 Å². The van der Waals surface area contributed by atoms with Gasteiger partial charge in [0.15, 0.2) is 0 Å². The molecule has 9 nitrogen and oxygen atoms in total. The number of aromatic nitrogens is 4. The van der Waals surface area contributed by atoms with Gasteiger partial charge in [0.25, 0.3) is 0 Å². The number of anilines is 1. The third kappa shape index (κ3) is 4.64. The Kier molecular flexibility index (Phi) is 7.04. The van der Waals surface area contributed by atoms with E-state index in [0.717, 1.165) is 43.4 Å². The van der Waals surface area contributed by atoms with E-state index in [1.807, 2.05) is 34.3 Å². The summed E-state index contributed by atoms with van der Waals surface area (Å²) in [5, 5.41) is 6.52. The summed E-state index contributed by atoms with van der Waals surface area (Å²) in [6.45, 7) is 11.2. The average molecular weight is 602 g/mol. The molecule has 11 heteroatoms. The SMILES string of the molecule is C=CC(=O)N1CCN(c2nc(=O)n3c4c(c(-c5cccc6cnn(C)c56)c(C)cc24)SCC3CN2CCC(F)C2)C[C@@H]1C. The Morgan fingerprint density at radius 2 is 2.05 bits per heavy atom. The second-order valence-electron chi connectivity index (χ2n) is 12.0. The topological polar surface area (TPSA) is 79.5 Å². The highest BCUT2D eigenvalue weighted by Crippen LogP contribution is 2.47. The lowest BCUT2D eigenvalue weighted by atomic mass is 9.95. The smallest absolute Gasteiger partial charge is 0.350 e. The van der Waals surface area contributed by atoms with Gasteiger partial charge in [0.05, 0.1) is 23.3 Å². The van der Waals surface area contributed by atoms with Crippen molar-refractivity contribution in [3.05, 3.63) is 59.2 Å². The van der Waals surface area contributed by atoms with E-state index in [0.29, 0.717) is 57.3 Å². The van der Waals surface area contributed by atoms with Crippen molar-refractivity contribution in [1.82, 2.24) is 29.1 Å². The highest BCUT2D eigenvalue weighted by atomic mass is 32.2. The van der Waals surface area contributed by atoms with E-state index in [1.165, 1.54) is 6.08 Å². The zero-order valence-corrected chi connectivity index (χ0v) is 25.6. The number of thioether (sulfide) groups is 1. The predicted molar refractivity (Wildman–Crippen MR) is 170 cm³/mol. The maximum absolute atomic E-state index is 14.1. The molecule has 224 valence electrons. The normalized spacial score (nSPS) is 22.6. The summed E-state index contributed by atoms with van der Waals surface area (Å²) in [7, 11) is 1.96. The summed E-state index contributed by atoms with van der Waals surface area (Å²) >= 11 is 1.78. The maximum Gasteiger partial charge on any atom is 0.350 e. The minimum absolute atomic E-state index is 0.0559. The summed E-state index contributed by atoms with van der Waals surface area (Å²) in [5.41, 5.74) is 4.95. The summed E-state index contributed by atoms with van der Waals surface area (Å²) in [5.74, 6) is 1.28. The number of hydrogen-bond donors (Lipinski definition) is 0. The number of hydrogen-bond acceptors (Lipinski definition) is 7. The summed E-state index contributed by atoms with van der Waals surface area (Å²) < 4.78 is 17.9. The van der Waals surface area contributed by atoms with Crippen LogP contribution in [0.4, 0.5) is 10.2 Å². The summed E-state index contributed by atoms with van der Waals surface area (Å²) in [6, 6.07) is 8.26. The van der Waals surface area contributed by atoms with Crippen LogP contribution in [-0.2, 0) is 11.8 Å². The quantitative estimate of drug-likeness (QED) is 0.318. The highest BCUT2D eigenvalue weighted by Gasteiger charge is 2.34. The van der Waals surface area contributed by atoms with E-state index in [2.05, 4.69) is 52.7 Å². The van der Waals surface area contributed by atoms with Crippen molar-refractivity contribution < 1.29 is 9.18 Å². The van der Waals surface area contributed by atoms with Crippen molar-refractivity contribution in [2.45, 2.75) is 43.4 Å². The van der Waals surface area contributed by atoms with Gasteiger partial charge >= 0.3 is 5.69 Å². The number of aryl methyl sites for hydroxylation is 2. The zero-order valence-electron chi connectivity index (χ0n) is 24.8. The van der Waals surface area contributed by atoms with Crippen LogP contribution in [0.2, 0.25) is 0 Å². The standard InChI is InChI=1S/C32H36FN7O2S/c1-5-26(41)39-12-11-38(15-20(39)3)31-25-13-19(2)27(24-8-6-7-21-14-34-36(4)28(21)24)30-29(25)40(32(42)35-31)23(18-43-30)17-37-10-9-22(33)16-37/h5-8,13-14,20,22-23H,1,9-12,15-18H2,2-4H3/t20-,22?,23?/m0/s1. The van der Waals surface area contributed by atoms with Gasteiger partial charge in [0.1, 0.15) is 12.0 Å². The van der Waals surface area contributed by atoms with Gasteiger partial charge in [-0.25, -0.2) is 9.18 Å². The van der Waals surface area contributed by atoms with E-state index >= 15 is 0 Å². The average Bonchev–Trinajstić information content (AvgIpc) is 3.59. The second-order valence-corrected chi connectivity index (χ2v) is 13.1. The highest BCUT2D eigenvalue weighted by molar-refractivity contribution is 7.99. The molecule has 2 fully saturated rings. The lowest BCUT2D eigenvalue weighted by molar-refractivity contribution is -0.128. The summed E-state index contributed by atoms with van der Waals surface area (Å²) in [6.07, 6.45) is 2.96. The van der Waals surface area contributed by atoms with E-state index in [-0.39, 0.29) is 23.7 Å². The molecule has 43 heavy (non-hydrogen) atoms. The number of likely N-dealkylation sites (tertiary alicyclic amines) is 1. The molecule has 0 N–H and O–H groups in total. The van der Waals surface area contributed by atoms with Crippen molar-refractivity contribution in [2.24, 2.45) is 7.05 Å². The van der Waals surface area contributed by atoms with Crippen LogP contribution in [0.1, 0.15) is 24.9 Å². The third-order valence-electron chi connectivity index (χ3n) is 9.23. The molecule has 0 radical (unpaired) electrons. The number of carbonyl (C=O) groups is 1. The molecule has 2 unspecified atom stereocenters. The van der Waals surface area contributed by atoms with Gasteiger partial charge in [-0.15, -0.1) is 11.8 Å². The Hall–Kier alpha value is -3.70. The molecule has 0 spiro atoms. The molecule has 3 atom stereocenters. The Morgan fingerprint density at radius 3 is 2.79 bits per heavy atom. The molecule has 2 aromatic heterocycles. The van der Waals surface area contributed by atoms with Crippen molar-refractivity contribution in [2.75, 3.05) is 49.9 Å². The van der Waals surface area contributed by atoms with Gasteiger partial charge < -0.3 is 9.80 Å². The van der Waals surface area contributed by atoms with Crippen LogP contribution >= 0.6 is 11.8 Å². The van der Waals surface area contributed by atoms with Crippen LogP contribution in [-0.4, -0.2) is 92.3 Å². The Balaban J connectivity index is 1.43. The molecule has 7 rings (SSSR count). The molecule has 0 saturated carbocycles. The molecule has 5 heterocycles. The first kappa shape index (κ1) is 28.1. The number of para-hydroxylation sites is 1. The first-order chi connectivity index (χ1) is 20.7. The Morgan fingerprint density at radius 1 is 1.21 bits per heavy atom. The molecular weight excluding hydrogens is 565 g/mol. The zero-order chi connectivity index (χ0) is 30.0. The van der Waals surface area contributed by atoms with Gasteiger partial charge in [0.2, 0.25) is 5.91 Å². The molecular formula is C32H36FN7O2S. The van der Waals surface area contributed by atoms with Crippen molar-refractivity contribution in [3.63, 3.8) is 0 Å². The number of nitrogens with zero attached hydrogens (tertiary/aromatic N) is 7. The van der Waals surface area contributed by atoms with Crippen LogP contribution < -0.4 is 10.6 Å². The Bertz CT molecular complexity index is 1830. The van der Waals surface area contributed by atoms with Crippen LogP contribution in [0, 0.1) is 6.92 Å². The molecule has 4 aromatic rings.